The standard InChI is InChI=1S/C22H15ClN2O2/c23-18-12-6-4-10-16(18)20(26)14-21-24-19-13-7-5-11-17(19)22(27)25(21)15-8-2-1-3-9-15/h1-14,26H/b20-14-. The Hall–Kier alpha value is -3.37. The first-order chi connectivity index (χ1) is 13.1. The Balaban J connectivity index is 2.01. The molecule has 1 heterocycles. The molecule has 4 aromatic rings. The van der Waals surface area contributed by atoms with E-state index in [1.54, 1.807) is 42.5 Å². The molecule has 132 valence electrons. The first-order valence-electron chi connectivity index (χ1n) is 8.38. The summed E-state index contributed by atoms with van der Waals surface area (Å²) in [5.41, 5.74) is 1.50. The van der Waals surface area contributed by atoms with Gasteiger partial charge in [-0.25, -0.2) is 4.98 Å². The van der Waals surface area contributed by atoms with Gasteiger partial charge in [0.1, 0.15) is 11.6 Å². The number of nitrogens with zero attached hydrogens (tertiary/aromatic N) is 2. The van der Waals surface area contributed by atoms with E-state index in [0.29, 0.717) is 33.0 Å². The summed E-state index contributed by atoms with van der Waals surface area (Å²) in [5.74, 6) is 0.259. The molecule has 4 nitrogen and oxygen atoms in total. The van der Waals surface area contributed by atoms with Gasteiger partial charge < -0.3 is 5.11 Å². The lowest BCUT2D eigenvalue weighted by Gasteiger charge is -2.12. The van der Waals surface area contributed by atoms with Crippen LogP contribution in [0.4, 0.5) is 0 Å². The molecule has 1 N–H and O–H groups in total. The molecule has 3 aromatic carbocycles. The smallest absolute Gasteiger partial charge is 0.266 e. The van der Waals surface area contributed by atoms with Crippen LogP contribution in [-0.4, -0.2) is 14.7 Å². The largest absolute Gasteiger partial charge is 0.507 e. The van der Waals surface area contributed by atoms with Crippen molar-refractivity contribution in [2.45, 2.75) is 0 Å². The van der Waals surface area contributed by atoms with E-state index in [1.165, 1.54) is 10.6 Å². The average molecular weight is 375 g/mol. The van der Waals surface area contributed by atoms with Gasteiger partial charge in [0.05, 0.1) is 21.6 Å². The minimum Gasteiger partial charge on any atom is -0.507 e. The summed E-state index contributed by atoms with van der Waals surface area (Å²) in [5, 5.41) is 11.5. The average Bonchev–Trinajstić information content (AvgIpc) is 2.69. The fraction of sp³-hybridized carbons (Fsp3) is 0. The van der Waals surface area contributed by atoms with Crippen LogP contribution in [0.15, 0.2) is 83.7 Å². The normalized spacial score (nSPS) is 11.7. The first kappa shape index (κ1) is 17.1. The summed E-state index contributed by atoms with van der Waals surface area (Å²) >= 11 is 6.18. The quantitative estimate of drug-likeness (QED) is 0.508. The summed E-state index contributed by atoms with van der Waals surface area (Å²) < 4.78 is 1.48. The highest BCUT2D eigenvalue weighted by Crippen LogP contribution is 2.24. The zero-order chi connectivity index (χ0) is 18.8. The Morgan fingerprint density at radius 1 is 0.926 bits per heavy atom. The monoisotopic (exact) mass is 374 g/mol. The molecule has 0 saturated heterocycles. The van der Waals surface area contributed by atoms with Crippen molar-refractivity contribution in [3.63, 3.8) is 0 Å². The van der Waals surface area contributed by atoms with Gasteiger partial charge in [-0.3, -0.25) is 9.36 Å². The Morgan fingerprint density at radius 3 is 2.37 bits per heavy atom. The maximum Gasteiger partial charge on any atom is 0.266 e. The Bertz CT molecular complexity index is 1210. The van der Waals surface area contributed by atoms with Gasteiger partial charge in [-0.2, -0.15) is 0 Å². The molecule has 0 aliphatic rings. The molecule has 0 saturated carbocycles. The van der Waals surface area contributed by atoms with Gasteiger partial charge >= 0.3 is 0 Å². The molecular formula is C22H15ClN2O2. The van der Waals surface area contributed by atoms with Crippen molar-refractivity contribution in [2.24, 2.45) is 0 Å². The van der Waals surface area contributed by atoms with Crippen LogP contribution in [0.2, 0.25) is 5.02 Å². The number of para-hydroxylation sites is 2. The second-order valence-corrected chi connectivity index (χ2v) is 6.38. The summed E-state index contributed by atoms with van der Waals surface area (Å²) in [7, 11) is 0. The van der Waals surface area contributed by atoms with Crippen LogP contribution in [0.1, 0.15) is 11.4 Å². The minimum atomic E-state index is -0.204. The molecule has 0 unspecified atom stereocenters. The van der Waals surface area contributed by atoms with E-state index < -0.39 is 0 Å². The number of halogens is 1. The van der Waals surface area contributed by atoms with Crippen LogP contribution in [-0.2, 0) is 0 Å². The molecule has 1 aromatic heterocycles. The van der Waals surface area contributed by atoms with E-state index in [9.17, 15) is 9.90 Å². The predicted octanol–water partition coefficient (Wildman–Crippen LogP) is 5.10. The predicted molar refractivity (Wildman–Crippen MR) is 109 cm³/mol. The van der Waals surface area contributed by atoms with Crippen molar-refractivity contribution in [3.8, 4) is 5.69 Å². The van der Waals surface area contributed by atoms with Crippen LogP contribution in [0, 0.1) is 0 Å². The van der Waals surface area contributed by atoms with E-state index in [-0.39, 0.29) is 11.3 Å². The second kappa shape index (κ2) is 7.09. The van der Waals surface area contributed by atoms with Crippen LogP contribution < -0.4 is 5.56 Å². The molecule has 0 aliphatic heterocycles. The number of hydrogen-bond donors (Lipinski definition) is 1. The third-order valence-electron chi connectivity index (χ3n) is 4.23. The molecule has 0 atom stereocenters. The molecule has 0 amide bonds. The molecule has 0 aliphatic carbocycles. The molecule has 27 heavy (non-hydrogen) atoms. The van der Waals surface area contributed by atoms with Gasteiger partial charge in [-0.05, 0) is 36.4 Å². The highest BCUT2D eigenvalue weighted by molar-refractivity contribution is 6.32. The molecule has 0 spiro atoms. The maximum atomic E-state index is 13.1. The number of hydrogen-bond acceptors (Lipinski definition) is 3. The van der Waals surface area contributed by atoms with E-state index in [4.69, 9.17) is 11.6 Å². The third-order valence-corrected chi connectivity index (χ3v) is 4.56. The summed E-state index contributed by atoms with van der Waals surface area (Å²) in [6.07, 6.45) is 1.46. The summed E-state index contributed by atoms with van der Waals surface area (Å²) in [4.78, 5) is 17.7. The van der Waals surface area contributed by atoms with Gasteiger partial charge in [-0.1, -0.05) is 54.1 Å². The van der Waals surface area contributed by atoms with E-state index >= 15 is 0 Å². The minimum absolute atomic E-state index is 0.0625. The number of aliphatic hydroxyl groups is 1. The third kappa shape index (κ3) is 3.23. The molecule has 0 fully saturated rings. The Morgan fingerprint density at radius 2 is 1.59 bits per heavy atom. The van der Waals surface area contributed by atoms with Gasteiger partial charge in [0, 0.05) is 11.6 Å². The summed E-state index contributed by atoms with van der Waals surface area (Å²) in [6.45, 7) is 0. The number of benzene rings is 3. The zero-order valence-corrected chi connectivity index (χ0v) is 15.0. The van der Waals surface area contributed by atoms with Crippen LogP contribution in [0.3, 0.4) is 0 Å². The first-order valence-corrected chi connectivity index (χ1v) is 8.76. The lowest BCUT2D eigenvalue weighted by atomic mass is 10.1. The number of aliphatic hydroxyl groups excluding tert-OH is 1. The lowest BCUT2D eigenvalue weighted by molar-refractivity contribution is 0.515. The van der Waals surface area contributed by atoms with Crippen molar-refractivity contribution in [1.29, 1.82) is 0 Å². The molecule has 5 heteroatoms. The Labute approximate surface area is 160 Å². The molecule has 0 bridgehead atoms. The van der Waals surface area contributed by atoms with Gasteiger partial charge in [0.25, 0.3) is 5.56 Å². The molecule has 4 rings (SSSR count). The molecule has 0 radical (unpaired) electrons. The maximum absolute atomic E-state index is 13.1. The summed E-state index contributed by atoms with van der Waals surface area (Å²) in [6, 6.07) is 23.3. The van der Waals surface area contributed by atoms with Gasteiger partial charge in [-0.15, -0.1) is 0 Å². The van der Waals surface area contributed by atoms with Crippen LogP contribution in [0.5, 0.6) is 0 Å². The van der Waals surface area contributed by atoms with Crippen LogP contribution >= 0.6 is 11.6 Å². The topological polar surface area (TPSA) is 55.1 Å². The fourth-order valence-corrected chi connectivity index (χ4v) is 3.17. The highest BCUT2D eigenvalue weighted by atomic mass is 35.5. The van der Waals surface area contributed by atoms with Crippen molar-refractivity contribution in [2.75, 3.05) is 0 Å². The van der Waals surface area contributed by atoms with Crippen molar-refractivity contribution in [3.05, 3.63) is 106 Å². The number of aromatic nitrogens is 2. The number of rotatable bonds is 3. The van der Waals surface area contributed by atoms with Crippen molar-refractivity contribution >= 4 is 34.3 Å². The van der Waals surface area contributed by atoms with Crippen LogP contribution in [0.25, 0.3) is 28.4 Å². The van der Waals surface area contributed by atoms with Crippen molar-refractivity contribution < 1.29 is 5.11 Å². The highest BCUT2D eigenvalue weighted by Gasteiger charge is 2.13. The van der Waals surface area contributed by atoms with Gasteiger partial charge in [0.15, 0.2) is 0 Å². The van der Waals surface area contributed by atoms with E-state index in [2.05, 4.69) is 4.98 Å². The fourth-order valence-electron chi connectivity index (χ4n) is 2.94. The second-order valence-electron chi connectivity index (χ2n) is 5.97. The van der Waals surface area contributed by atoms with Crippen molar-refractivity contribution in [1.82, 2.24) is 9.55 Å². The van der Waals surface area contributed by atoms with E-state index in [1.807, 2.05) is 36.4 Å². The lowest BCUT2D eigenvalue weighted by Crippen LogP contribution is -2.22. The zero-order valence-electron chi connectivity index (χ0n) is 14.2. The Kier molecular flexibility index (Phi) is 4.48. The number of fused-ring (bicyclic) bond motifs is 1. The van der Waals surface area contributed by atoms with E-state index in [0.717, 1.165) is 0 Å². The molecular weight excluding hydrogens is 360 g/mol. The van der Waals surface area contributed by atoms with Gasteiger partial charge in [0.2, 0.25) is 0 Å². The SMILES string of the molecule is O=c1c2ccccc2nc(/C=C(\O)c2ccccc2Cl)n1-c1ccccc1.